The SMILES string of the molecule is O=C1NNN(N=S(=O)=O)c2ccccc21. The number of benzene rings is 1. The summed E-state index contributed by atoms with van der Waals surface area (Å²) in [6.07, 6.45) is 0. The van der Waals surface area contributed by atoms with E-state index < -0.39 is 10.5 Å². The van der Waals surface area contributed by atoms with Crippen molar-refractivity contribution in [2.75, 3.05) is 5.12 Å². The van der Waals surface area contributed by atoms with Gasteiger partial charge in [0.05, 0.1) is 11.3 Å². The van der Waals surface area contributed by atoms with Crippen LogP contribution in [0, 0.1) is 0 Å². The maximum absolute atomic E-state index is 11.3. The van der Waals surface area contributed by atoms with Gasteiger partial charge < -0.3 is 0 Å². The Morgan fingerprint density at radius 2 is 2.00 bits per heavy atom. The largest absolute Gasteiger partial charge is 0.334 e. The second-order valence-corrected chi connectivity index (χ2v) is 3.29. The zero-order valence-corrected chi connectivity index (χ0v) is 8.15. The van der Waals surface area contributed by atoms with Crippen molar-refractivity contribution in [1.29, 1.82) is 0 Å². The predicted octanol–water partition coefficient (Wildman–Crippen LogP) is -0.366. The monoisotopic (exact) mass is 226 g/mol. The highest BCUT2D eigenvalue weighted by atomic mass is 32.2. The van der Waals surface area contributed by atoms with Crippen LogP contribution in [0.4, 0.5) is 5.69 Å². The summed E-state index contributed by atoms with van der Waals surface area (Å²) in [6, 6.07) is 6.50. The Morgan fingerprint density at radius 1 is 1.27 bits per heavy atom. The molecule has 0 saturated carbocycles. The van der Waals surface area contributed by atoms with Crippen LogP contribution in [0.3, 0.4) is 0 Å². The Hall–Kier alpha value is -1.93. The van der Waals surface area contributed by atoms with E-state index in [2.05, 4.69) is 15.4 Å². The maximum Gasteiger partial charge on any atom is 0.334 e. The average Bonchev–Trinajstić information content (AvgIpc) is 2.22. The van der Waals surface area contributed by atoms with Gasteiger partial charge >= 0.3 is 10.5 Å². The summed E-state index contributed by atoms with van der Waals surface area (Å²) in [6.45, 7) is 0. The topological polar surface area (TPSA) is 90.9 Å². The van der Waals surface area contributed by atoms with Crippen molar-refractivity contribution in [3.63, 3.8) is 0 Å². The molecule has 0 aromatic heterocycles. The summed E-state index contributed by atoms with van der Waals surface area (Å²) in [5.41, 5.74) is 5.33. The van der Waals surface area contributed by atoms with Gasteiger partial charge in [-0.2, -0.15) is 13.5 Å². The molecule has 8 heteroatoms. The molecule has 0 unspecified atom stereocenters. The number of para-hydroxylation sites is 1. The zero-order valence-electron chi connectivity index (χ0n) is 7.34. The summed E-state index contributed by atoms with van der Waals surface area (Å²) in [7, 11) is -2.59. The van der Waals surface area contributed by atoms with E-state index >= 15 is 0 Å². The summed E-state index contributed by atoms with van der Waals surface area (Å²) in [5.74, 6) is -0.339. The van der Waals surface area contributed by atoms with Crippen LogP contribution in [-0.4, -0.2) is 14.3 Å². The maximum atomic E-state index is 11.3. The average molecular weight is 226 g/mol. The highest BCUT2D eigenvalue weighted by molar-refractivity contribution is 7.61. The smallest absolute Gasteiger partial charge is 0.268 e. The zero-order chi connectivity index (χ0) is 10.8. The van der Waals surface area contributed by atoms with Crippen molar-refractivity contribution in [1.82, 2.24) is 11.0 Å². The van der Waals surface area contributed by atoms with Gasteiger partial charge in [0.1, 0.15) is 0 Å². The Morgan fingerprint density at radius 3 is 2.73 bits per heavy atom. The number of carbonyl (C=O) groups excluding carboxylic acids is 1. The van der Waals surface area contributed by atoms with Gasteiger partial charge in [-0.1, -0.05) is 12.1 Å². The van der Waals surface area contributed by atoms with Crippen molar-refractivity contribution in [2.24, 2.45) is 4.47 Å². The molecule has 1 aromatic carbocycles. The molecule has 1 amide bonds. The molecule has 15 heavy (non-hydrogen) atoms. The second-order valence-electron chi connectivity index (χ2n) is 2.69. The van der Waals surface area contributed by atoms with Crippen LogP contribution >= 0.6 is 0 Å². The first kappa shape index (κ1) is 9.62. The van der Waals surface area contributed by atoms with Crippen molar-refractivity contribution in [3.05, 3.63) is 29.8 Å². The lowest BCUT2D eigenvalue weighted by Crippen LogP contribution is -2.51. The van der Waals surface area contributed by atoms with E-state index in [4.69, 9.17) is 0 Å². The summed E-state index contributed by atoms with van der Waals surface area (Å²) < 4.78 is 24.0. The molecule has 2 rings (SSSR count). The molecule has 0 atom stereocenters. The molecule has 1 aliphatic heterocycles. The number of hydrogen-bond donors (Lipinski definition) is 2. The minimum atomic E-state index is -2.59. The first-order chi connectivity index (χ1) is 7.18. The molecule has 1 aromatic rings. The molecular weight excluding hydrogens is 220 g/mol. The molecule has 1 aliphatic rings. The Labute approximate surface area is 86.3 Å². The van der Waals surface area contributed by atoms with E-state index in [-0.39, 0.29) is 5.91 Å². The highest BCUT2D eigenvalue weighted by Gasteiger charge is 2.21. The first-order valence-corrected chi connectivity index (χ1v) is 4.98. The van der Waals surface area contributed by atoms with Crippen LogP contribution in [0.5, 0.6) is 0 Å². The van der Waals surface area contributed by atoms with Crippen LogP contribution in [0.15, 0.2) is 28.7 Å². The Bertz CT molecular complexity index is 531. The standard InChI is InChI=1S/C7H6N4O3S/c12-7-5-3-1-2-4-6(5)11(9-8-7)10-15(13)14/h1-4,9H,(H,8,12). The molecule has 0 saturated heterocycles. The molecule has 0 aliphatic carbocycles. The van der Waals surface area contributed by atoms with Crippen molar-refractivity contribution < 1.29 is 13.2 Å². The van der Waals surface area contributed by atoms with E-state index in [1.807, 2.05) is 0 Å². The lowest BCUT2D eigenvalue weighted by Gasteiger charge is -2.25. The van der Waals surface area contributed by atoms with Crippen LogP contribution in [0.2, 0.25) is 0 Å². The Balaban J connectivity index is 2.54. The number of carbonyl (C=O) groups is 1. The molecule has 0 radical (unpaired) electrons. The van der Waals surface area contributed by atoms with Crippen LogP contribution in [-0.2, 0) is 10.5 Å². The van der Waals surface area contributed by atoms with Gasteiger partial charge in [0, 0.05) is 0 Å². The predicted molar refractivity (Wildman–Crippen MR) is 50.9 cm³/mol. The molecule has 78 valence electrons. The lowest BCUT2D eigenvalue weighted by molar-refractivity contribution is 0.0921. The number of nitrogens with one attached hydrogen (secondary N) is 2. The van der Waals surface area contributed by atoms with Crippen LogP contribution in [0.25, 0.3) is 0 Å². The van der Waals surface area contributed by atoms with E-state index in [1.165, 1.54) is 0 Å². The normalized spacial score (nSPS) is 14.1. The molecule has 0 spiro atoms. The van der Waals surface area contributed by atoms with E-state index in [0.717, 1.165) is 5.12 Å². The lowest BCUT2D eigenvalue weighted by atomic mass is 10.1. The van der Waals surface area contributed by atoms with Gasteiger partial charge in [-0.05, 0) is 16.6 Å². The number of nitrogens with zero attached hydrogens (tertiary/aromatic N) is 2. The molecule has 1 heterocycles. The van der Waals surface area contributed by atoms with Gasteiger partial charge in [-0.3, -0.25) is 10.2 Å². The number of fused-ring (bicyclic) bond motifs is 1. The minimum absolute atomic E-state index is 0.339. The fraction of sp³-hybridized carbons (Fsp3) is 0. The van der Waals surface area contributed by atoms with Gasteiger partial charge in [-0.25, -0.2) is 0 Å². The van der Waals surface area contributed by atoms with Gasteiger partial charge in [0.15, 0.2) is 0 Å². The number of hydrazine groups is 2. The third-order valence-corrected chi connectivity index (χ3v) is 2.10. The van der Waals surface area contributed by atoms with Crippen LogP contribution in [0.1, 0.15) is 10.4 Å². The summed E-state index contributed by atoms with van der Waals surface area (Å²) in [5, 5.41) is 0.972. The number of rotatable bonds is 1. The van der Waals surface area contributed by atoms with E-state index in [1.54, 1.807) is 24.3 Å². The van der Waals surface area contributed by atoms with Gasteiger partial charge in [0.25, 0.3) is 5.91 Å². The third-order valence-electron chi connectivity index (χ3n) is 1.80. The molecular formula is C7H6N4O3S. The van der Waals surface area contributed by atoms with Gasteiger partial charge in [0.2, 0.25) is 0 Å². The highest BCUT2D eigenvalue weighted by Crippen LogP contribution is 2.20. The molecule has 0 fully saturated rings. The van der Waals surface area contributed by atoms with Crippen LogP contribution < -0.4 is 16.1 Å². The minimum Gasteiger partial charge on any atom is -0.268 e. The number of hydrogen-bond acceptors (Lipinski definition) is 5. The van der Waals surface area contributed by atoms with E-state index in [0.29, 0.717) is 11.3 Å². The second kappa shape index (κ2) is 3.67. The molecule has 7 nitrogen and oxygen atoms in total. The van der Waals surface area contributed by atoms with Gasteiger partial charge in [-0.15, -0.1) is 5.53 Å². The fourth-order valence-electron chi connectivity index (χ4n) is 1.21. The van der Waals surface area contributed by atoms with Crippen molar-refractivity contribution in [3.8, 4) is 0 Å². The van der Waals surface area contributed by atoms with Crippen molar-refractivity contribution in [2.45, 2.75) is 0 Å². The molecule has 2 N–H and O–H groups in total. The first-order valence-electron chi connectivity index (χ1n) is 3.94. The quantitative estimate of drug-likeness (QED) is 0.682. The third kappa shape index (κ3) is 1.80. The fourth-order valence-corrected chi connectivity index (χ4v) is 1.47. The van der Waals surface area contributed by atoms with Crippen molar-refractivity contribution >= 4 is 22.1 Å². The summed E-state index contributed by atoms with van der Waals surface area (Å²) in [4.78, 5) is 11.3. The molecule has 0 bridgehead atoms. The summed E-state index contributed by atoms with van der Waals surface area (Å²) >= 11 is 0. The van der Waals surface area contributed by atoms with E-state index in [9.17, 15) is 13.2 Å². The number of anilines is 1. The number of amides is 1. The Kier molecular flexibility index (Phi) is 2.35.